The van der Waals surface area contributed by atoms with Crippen molar-refractivity contribution >= 4 is 17.7 Å². The number of rotatable bonds is 7. The minimum absolute atomic E-state index is 0.0692. The molecule has 0 fully saturated rings. The molecule has 0 radical (unpaired) electrons. The summed E-state index contributed by atoms with van der Waals surface area (Å²) in [6.45, 7) is 1.87. The second kappa shape index (κ2) is 9.00. The number of hydrogen-bond donors (Lipinski definition) is 1. The molecule has 6 nitrogen and oxygen atoms in total. The first-order valence-electron chi connectivity index (χ1n) is 9.63. The van der Waals surface area contributed by atoms with Gasteiger partial charge in [0.05, 0.1) is 17.6 Å². The average Bonchev–Trinajstić information content (AvgIpc) is 3.43. The van der Waals surface area contributed by atoms with Crippen LogP contribution in [0.1, 0.15) is 24.1 Å². The van der Waals surface area contributed by atoms with Crippen LogP contribution >= 0.6 is 11.8 Å². The van der Waals surface area contributed by atoms with E-state index in [2.05, 4.69) is 15.5 Å². The Labute approximate surface area is 179 Å². The molecule has 2 aromatic carbocycles. The van der Waals surface area contributed by atoms with Gasteiger partial charge in [-0.25, -0.2) is 0 Å². The lowest BCUT2D eigenvalue weighted by Gasteiger charge is -2.22. The van der Waals surface area contributed by atoms with Crippen LogP contribution in [0.15, 0.2) is 88.6 Å². The highest BCUT2D eigenvalue weighted by Crippen LogP contribution is 2.27. The summed E-state index contributed by atoms with van der Waals surface area (Å²) >= 11 is 1.36. The van der Waals surface area contributed by atoms with Crippen molar-refractivity contribution in [1.82, 2.24) is 20.1 Å². The van der Waals surface area contributed by atoms with E-state index in [4.69, 9.17) is 4.42 Å². The molecule has 0 saturated heterocycles. The van der Waals surface area contributed by atoms with Crippen LogP contribution in [0.5, 0.6) is 0 Å². The standard InChI is InChI=1S/C23H22N4O2S/c1-16(30-23-26-25-21(27(23)2)19-14-9-15-29-19)22(28)24-20(17-10-5-3-6-11-17)18-12-7-4-8-13-18/h3-16,20H,1-2H3,(H,24,28). The van der Waals surface area contributed by atoms with Crippen LogP contribution in [-0.4, -0.2) is 25.9 Å². The molecule has 4 aromatic rings. The monoisotopic (exact) mass is 418 g/mol. The van der Waals surface area contributed by atoms with E-state index in [1.54, 1.807) is 12.3 Å². The van der Waals surface area contributed by atoms with Gasteiger partial charge in [-0.3, -0.25) is 4.79 Å². The second-order valence-electron chi connectivity index (χ2n) is 6.87. The summed E-state index contributed by atoms with van der Waals surface area (Å²) in [5.41, 5.74) is 2.07. The van der Waals surface area contributed by atoms with Crippen molar-refractivity contribution in [3.63, 3.8) is 0 Å². The van der Waals surface area contributed by atoms with E-state index in [0.717, 1.165) is 11.1 Å². The van der Waals surface area contributed by atoms with Gasteiger partial charge in [0.2, 0.25) is 5.91 Å². The number of thioether (sulfide) groups is 1. The summed E-state index contributed by atoms with van der Waals surface area (Å²) in [6, 6.07) is 23.4. The highest BCUT2D eigenvalue weighted by molar-refractivity contribution is 8.00. The van der Waals surface area contributed by atoms with Gasteiger partial charge in [0.15, 0.2) is 16.7 Å². The fourth-order valence-electron chi connectivity index (χ4n) is 3.16. The number of aromatic nitrogens is 3. The fraction of sp³-hybridized carbons (Fsp3) is 0.174. The largest absolute Gasteiger partial charge is 0.461 e. The maximum atomic E-state index is 13.0. The molecular formula is C23H22N4O2S. The van der Waals surface area contributed by atoms with Crippen molar-refractivity contribution < 1.29 is 9.21 Å². The van der Waals surface area contributed by atoms with E-state index in [0.29, 0.717) is 16.7 Å². The predicted octanol–water partition coefficient (Wildman–Crippen LogP) is 4.46. The maximum Gasteiger partial charge on any atom is 0.234 e. The van der Waals surface area contributed by atoms with Crippen molar-refractivity contribution in [3.8, 4) is 11.6 Å². The first-order valence-corrected chi connectivity index (χ1v) is 10.5. The molecule has 0 bridgehead atoms. The number of hydrogen-bond acceptors (Lipinski definition) is 5. The Morgan fingerprint density at radius 1 is 0.967 bits per heavy atom. The lowest BCUT2D eigenvalue weighted by molar-refractivity contribution is -0.120. The molecule has 2 heterocycles. The topological polar surface area (TPSA) is 73.0 Å². The normalized spacial score (nSPS) is 12.1. The number of carbonyl (C=O) groups excluding carboxylic acids is 1. The molecule has 152 valence electrons. The fourth-order valence-corrected chi connectivity index (χ4v) is 3.98. The average molecular weight is 419 g/mol. The SMILES string of the molecule is CC(Sc1nnc(-c2ccco2)n1C)C(=O)NC(c1ccccc1)c1ccccc1. The first kappa shape index (κ1) is 20.0. The third kappa shape index (κ3) is 4.31. The van der Waals surface area contributed by atoms with Gasteiger partial charge in [-0.2, -0.15) is 0 Å². The molecule has 1 amide bonds. The molecule has 1 atom stereocenters. The lowest BCUT2D eigenvalue weighted by atomic mass is 9.98. The Morgan fingerprint density at radius 2 is 1.60 bits per heavy atom. The third-order valence-electron chi connectivity index (χ3n) is 4.78. The van der Waals surface area contributed by atoms with Crippen LogP contribution in [0, 0.1) is 0 Å². The Kier molecular flexibility index (Phi) is 5.99. The van der Waals surface area contributed by atoms with Gasteiger partial charge < -0.3 is 14.3 Å². The summed E-state index contributed by atoms with van der Waals surface area (Å²) in [5.74, 6) is 1.20. The van der Waals surface area contributed by atoms with Crippen LogP contribution < -0.4 is 5.32 Å². The van der Waals surface area contributed by atoms with Gasteiger partial charge in [-0.05, 0) is 30.2 Å². The highest BCUT2D eigenvalue weighted by atomic mass is 32.2. The van der Waals surface area contributed by atoms with Crippen molar-refractivity contribution in [1.29, 1.82) is 0 Å². The summed E-state index contributed by atoms with van der Waals surface area (Å²) in [5, 5.41) is 11.9. The third-order valence-corrected chi connectivity index (χ3v) is 5.91. The zero-order chi connectivity index (χ0) is 20.9. The van der Waals surface area contributed by atoms with E-state index in [1.807, 2.05) is 85.3 Å². The predicted molar refractivity (Wildman–Crippen MR) is 117 cm³/mol. The Bertz CT molecular complexity index is 1060. The zero-order valence-electron chi connectivity index (χ0n) is 16.7. The number of amides is 1. The molecule has 7 heteroatoms. The van der Waals surface area contributed by atoms with Gasteiger partial charge in [-0.1, -0.05) is 72.4 Å². The molecule has 0 aliphatic rings. The summed E-state index contributed by atoms with van der Waals surface area (Å²) < 4.78 is 7.24. The zero-order valence-corrected chi connectivity index (χ0v) is 17.5. The van der Waals surface area contributed by atoms with Crippen molar-refractivity contribution in [2.75, 3.05) is 0 Å². The Morgan fingerprint density at radius 3 is 2.17 bits per heavy atom. The first-order chi connectivity index (χ1) is 14.6. The molecule has 30 heavy (non-hydrogen) atoms. The molecule has 4 rings (SSSR count). The number of carbonyl (C=O) groups is 1. The van der Waals surface area contributed by atoms with E-state index >= 15 is 0 Å². The minimum atomic E-state index is -0.354. The summed E-state index contributed by atoms with van der Waals surface area (Å²) in [4.78, 5) is 13.0. The molecule has 1 N–H and O–H groups in total. The number of benzene rings is 2. The molecule has 2 aromatic heterocycles. The molecule has 0 aliphatic heterocycles. The quantitative estimate of drug-likeness (QED) is 0.449. The summed E-state index contributed by atoms with van der Waals surface area (Å²) in [6.07, 6.45) is 1.60. The molecule has 0 saturated carbocycles. The molecule has 0 spiro atoms. The lowest BCUT2D eigenvalue weighted by Crippen LogP contribution is -2.35. The van der Waals surface area contributed by atoms with Crippen molar-refractivity contribution in [2.24, 2.45) is 7.05 Å². The van der Waals surface area contributed by atoms with E-state index in [-0.39, 0.29) is 17.2 Å². The number of furan rings is 1. The van der Waals surface area contributed by atoms with Crippen LogP contribution in [0.2, 0.25) is 0 Å². The van der Waals surface area contributed by atoms with E-state index in [9.17, 15) is 4.79 Å². The minimum Gasteiger partial charge on any atom is -0.461 e. The van der Waals surface area contributed by atoms with Crippen LogP contribution in [0.3, 0.4) is 0 Å². The Balaban J connectivity index is 1.51. The molecule has 0 aliphatic carbocycles. The molecular weight excluding hydrogens is 396 g/mol. The number of nitrogens with one attached hydrogen (secondary N) is 1. The van der Waals surface area contributed by atoms with Gasteiger partial charge in [0.1, 0.15) is 0 Å². The van der Waals surface area contributed by atoms with E-state index in [1.165, 1.54) is 11.8 Å². The van der Waals surface area contributed by atoms with Gasteiger partial charge >= 0.3 is 0 Å². The summed E-state index contributed by atoms with van der Waals surface area (Å²) in [7, 11) is 1.86. The smallest absolute Gasteiger partial charge is 0.234 e. The molecule has 1 unspecified atom stereocenters. The number of nitrogens with zero attached hydrogens (tertiary/aromatic N) is 3. The Hall–Kier alpha value is -3.32. The van der Waals surface area contributed by atoms with Crippen molar-refractivity contribution in [3.05, 3.63) is 90.2 Å². The van der Waals surface area contributed by atoms with Gasteiger partial charge in [0, 0.05) is 7.05 Å². The van der Waals surface area contributed by atoms with Crippen LogP contribution in [-0.2, 0) is 11.8 Å². The second-order valence-corrected chi connectivity index (χ2v) is 8.17. The van der Waals surface area contributed by atoms with Crippen LogP contribution in [0.25, 0.3) is 11.6 Å². The van der Waals surface area contributed by atoms with E-state index < -0.39 is 0 Å². The van der Waals surface area contributed by atoms with Gasteiger partial charge in [-0.15, -0.1) is 10.2 Å². The van der Waals surface area contributed by atoms with Gasteiger partial charge in [0.25, 0.3) is 0 Å². The van der Waals surface area contributed by atoms with Crippen LogP contribution in [0.4, 0.5) is 0 Å². The maximum absolute atomic E-state index is 13.0. The highest BCUT2D eigenvalue weighted by Gasteiger charge is 2.23. The van der Waals surface area contributed by atoms with Crippen molar-refractivity contribution in [2.45, 2.75) is 23.4 Å².